The lowest BCUT2D eigenvalue weighted by atomic mass is 9.86. The van der Waals surface area contributed by atoms with Gasteiger partial charge in [0.05, 0.1) is 11.6 Å². The summed E-state index contributed by atoms with van der Waals surface area (Å²) in [5, 5.41) is 15.4. The normalized spacial score (nSPS) is 20.3. The molecule has 0 spiro atoms. The fraction of sp³-hybridized carbons (Fsp3) is 0.353. The third kappa shape index (κ3) is 4.11. The molecule has 6 nitrogen and oxygen atoms in total. The van der Waals surface area contributed by atoms with Gasteiger partial charge in [0.2, 0.25) is 0 Å². The van der Waals surface area contributed by atoms with Crippen molar-refractivity contribution in [3.05, 3.63) is 36.4 Å². The first-order valence-corrected chi connectivity index (χ1v) is 8.71. The topological polar surface area (TPSA) is 91.3 Å². The lowest BCUT2D eigenvalue weighted by Gasteiger charge is -2.26. The van der Waals surface area contributed by atoms with Crippen molar-refractivity contribution in [3.8, 4) is 11.3 Å². The Morgan fingerprint density at radius 2 is 1.83 bits per heavy atom. The van der Waals surface area contributed by atoms with Crippen LogP contribution in [0.2, 0.25) is 0 Å². The fourth-order valence-electron chi connectivity index (χ4n) is 2.90. The number of carboxylic acid groups (broad SMARTS) is 1. The number of carboxylic acids is 1. The maximum absolute atomic E-state index is 12.1. The monoisotopic (exact) mass is 345 g/mol. The number of nitrogens with one attached hydrogen (secondary N) is 2. The van der Waals surface area contributed by atoms with Gasteiger partial charge in [-0.15, -0.1) is 0 Å². The van der Waals surface area contributed by atoms with Gasteiger partial charge in [0.25, 0.3) is 0 Å². The third-order valence-corrected chi connectivity index (χ3v) is 4.93. The van der Waals surface area contributed by atoms with Crippen LogP contribution in [-0.4, -0.2) is 27.5 Å². The number of aliphatic carboxylic acids is 1. The second-order valence-electron chi connectivity index (χ2n) is 5.93. The Labute approximate surface area is 144 Å². The molecule has 0 radical (unpaired) electrons. The number of anilines is 1. The summed E-state index contributed by atoms with van der Waals surface area (Å²) in [4.78, 5) is 23.0. The van der Waals surface area contributed by atoms with Gasteiger partial charge < -0.3 is 10.4 Å². The molecule has 1 aliphatic rings. The highest BCUT2D eigenvalue weighted by Crippen LogP contribution is 2.26. The molecule has 1 saturated carbocycles. The Morgan fingerprint density at radius 1 is 1.12 bits per heavy atom. The number of carbonyl (C=O) groups is 2. The summed E-state index contributed by atoms with van der Waals surface area (Å²) in [5.74, 6) is -1.02. The van der Waals surface area contributed by atoms with E-state index >= 15 is 0 Å². The van der Waals surface area contributed by atoms with Crippen LogP contribution in [0.3, 0.4) is 0 Å². The molecule has 24 heavy (non-hydrogen) atoms. The zero-order valence-electron chi connectivity index (χ0n) is 13.1. The van der Waals surface area contributed by atoms with E-state index in [9.17, 15) is 9.59 Å². The van der Waals surface area contributed by atoms with E-state index in [1.165, 1.54) is 11.5 Å². The minimum atomic E-state index is -0.740. The number of carbonyl (C=O) groups excluding carboxylic acids is 1. The SMILES string of the molecule is O=C(Nc1cc(-c2ccccc2)ns1)NC1CCC(C(=O)O)CC1. The van der Waals surface area contributed by atoms with E-state index in [0.29, 0.717) is 30.7 Å². The maximum atomic E-state index is 12.1. The highest BCUT2D eigenvalue weighted by Gasteiger charge is 2.26. The van der Waals surface area contributed by atoms with Gasteiger partial charge in [-0.3, -0.25) is 10.1 Å². The first kappa shape index (κ1) is 16.4. The van der Waals surface area contributed by atoms with E-state index in [2.05, 4.69) is 15.0 Å². The van der Waals surface area contributed by atoms with Crippen LogP contribution >= 0.6 is 11.5 Å². The Balaban J connectivity index is 1.51. The minimum absolute atomic E-state index is 0.0297. The van der Waals surface area contributed by atoms with Crippen molar-refractivity contribution >= 4 is 28.5 Å². The number of amides is 2. The molecule has 0 atom stereocenters. The Kier molecular flexibility index (Phi) is 5.10. The molecule has 0 unspecified atom stereocenters. The molecule has 0 aliphatic heterocycles. The van der Waals surface area contributed by atoms with Crippen molar-refractivity contribution in [1.82, 2.24) is 9.69 Å². The van der Waals surface area contributed by atoms with Gasteiger partial charge in [-0.1, -0.05) is 30.3 Å². The smallest absolute Gasteiger partial charge is 0.320 e. The van der Waals surface area contributed by atoms with Gasteiger partial charge in [0.15, 0.2) is 0 Å². The molecule has 1 aromatic carbocycles. The van der Waals surface area contributed by atoms with E-state index in [1.54, 1.807) is 0 Å². The van der Waals surface area contributed by atoms with E-state index in [1.807, 2.05) is 36.4 Å². The molecule has 0 bridgehead atoms. The largest absolute Gasteiger partial charge is 0.481 e. The summed E-state index contributed by atoms with van der Waals surface area (Å²) in [5.41, 5.74) is 1.84. The quantitative estimate of drug-likeness (QED) is 0.790. The first-order chi connectivity index (χ1) is 11.6. The summed E-state index contributed by atoms with van der Waals surface area (Å²) in [6, 6.07) is 11.4. The van der Waals surface area contributed by atoms with E-state index in [4.69, 9.17) is 5.11 Å². The number of aromatic nitrogens is 1. The van der Waals surface area contributed by atoms with Crippen LogP contribution in [0, 0.1) is 5.92 Å². The molecule has 1 aliphatic carbocycles. The summed E-state index contributed by atoms with van der Waals surface area (Å²) < 4.78 is 4.35. The summed E-state index contributed by atoms with van der Waals surface area (Å²) >= 11 is 1.24. The van der Waals surface area contributed by atoms with Crippen LogP contribution in [-0.2, 0) is 4.79 Å². The second-order valence-corrected chi connectivity index (χ2v) is 6.73. The van der Waals surface area contributed by atoms with Gasteiger partial charge in [0, 0.05) is 17.7 Å². The van der Waals surface area contributed by atoms with Crippen LogP contribution in [0.5, 0.6) is 0 Å². The molecule has 0 saturated heterocycles. The number of hydrogen-bond donors (Lipinski definition) is 3. The molecule has 7 heteroatoms. The van der Waals surface area contributed by atoms with Crippen LogP contribution in [0.15, 0.2) is 36.4 Å². The number of benzene rings is 1. The zero-order chi connectivity index (χ0) is 16.9. The molecule has 1 aromatic heterocycles. The van der Waals surface area contributed by atoms with Crippen LogP contribution in [0.25, 0.3) is 11.3 Å². The Hall–Kier alpha value is -2.41. The van der Waals surface area contributed by atoms with Gasteiger partial charge in [-0.05, 0) is 37.2 Å². The highest BCUT2D eigenvalue weighted by atomic mass is 32.1. The average Bonchev–Trinajstić information content (AvgIpc) is 3.04. The first-order valence-electron chi connectivity index (χ1n) is 7.94. The van der Waals surface area contributed by atoms with Crippen molar-refractivity contribution in [2.75, 3.05) is 5.32 Å². The van der Waals surface area contributed by atoms with Crippen LogP contribution in [0.4, 0.5) is 9.80 Å². The predicted octanol–water partition coefficient (Wildman–Crippen LogP) is 3.58. The molecule has 1 fully saturated rings. The average molecular weight is 345 g/mol. The van der Waals surface area contributed by atoms with E-state index < -0.39 is 5.97 Å². The molecule has 2 amide bonds. The second kappa shape index (κ2) is 7.44. The number of rotatable bonds is 4. The number of urea groups is 1. The molecule has 3 N–H and O–H groups in total. The molecule has 3 rings (SSSR count). The van der Waals surface area contributed by atoms with Gasteiger partial charge >= 0.3 is 12.0 Å². The van der Waals surface area contributed by atoms with Gasteiger partial charge in [-0.25, -0.2) is 4.79 Å². The summed E-state index contributed by atoms with van der Waals surface area (Å²) in [6.45, 7) is 0. The summed E-state index contributed by atoms with van der Waals surface area (Å²) in [6.07, 6.45) is 2.61. The fourth-order valence-corrected chi connectivity index (χ4v) is 3.55. The van der Waals surface area contributed by atoms with Crippen molar-refractivity contribution in [3.63, 3.8) is 0 Å². The molecule has 126 valence electrons. The predicted molar refractivity (Wildman–Crippen MR) is 93.1 cm³/mol. The third-order valence-electron chi connectivity index (χ3n) is 4.23. The zero-order valence-corrected chi connectivity index (χ0v) is 13.9. The molecular weight excluding hydrogens is 326 g/mol. The van der Waals surface area contributed by atoms with Crippen molar-refractivity contribution in [2.45, 2.75) is 31.7 Å². The van der Waals surface area contributed by atoms with Crippen molar-refractivity contribution in [1.29, 1.82) is 0 Å². The van der Waals surface area contributed by atoms with Crippen molar-refractivity contribution < 1.29 is 14.7 Å². The lowest BCUT2D eigenvalue weighted by Crippen LogP contribution is -2.40. The number of hydrogen-bond acceptors (Lipinski definition) is 4. The number of nitrogens with zero attached hydrogens (tertiary/aromatic N) is 1. The minimum Gasteiger partial charge on any atom is -0.481 e. The molecule has 1 heterocycles. The standard InChI is InChI=1S/C17H19N3O3S/c21-16(22)12-6-8-13(9-7-12)18-17(23)19-15-10-14(20-24-15)11-4-2-1-3-5-11/h1-5,10,12-13H,6-9H2,(H,21,22)(H2,18,19,23). The summed E-state index contributed by atoms with van der Waals surface area (Å²) in [7, 11) is 0. The molecular formula is C17H19N3O3S. The Bertz CT molecular complexity index is 709. The van der Waals surface area contributed by atoms with Crippen LogP contribution in [0.1, 0.15) is 25.7 Å². The molecule has 2 aromatic rings. The highest BCUT2D eigenvalue weighted by molar-refractivity contribution is 7.10. The maximum Gasteiger partial charge on any atom is 0.320 e. The van der Waals surface area contributed by atoms with E-state index in [-0.39, 0.29) is 18.0 Å². The Morgan fingerprint density at radius 3 is 2.50 bits per heavy atom. The van der Waals surface area contributed by atoms with Crippen molar-refractivity contribution in [2.24, 2.45) is 5.92 Å². The van der Waals surface area contributed by atoms with E-state index in [0.717, 1.165) is 11.3 Å². The lowest BCUT2D eigenvalue weighted by molar-refractivity contribution is -0.142. The van der Waals surface area contributed by atoms with Gasteiger partial charge in [-0.2, -0.15) is 4.37 Å². The van der Waals surface area contributed by atoms with Crippen LogP contribution < -0.4 is 10.6 Å². The van der Waals surface area contributed by atoms with Gasteiger partial charge in [0.1, 0.15) is 5.00 Å².